The van der Waals surface area contributed by atoms with Gasteiger partial charge in [0, 0.05) is 31.8 Å². The first-order chi connectivity index (χ1) is 9.58. The van der Waals surface area contributed by atoms with E-state index in [1.807, 2.05) is 0 Å². The molecule has 0 fully saturated rings. The Labute approximate surface area is 130 Å². The molecule has 2 aromatic rings. The summed E-state index contributed by atoms with van der Waals surface area (Å²) in [5.74, 6) is 0.973. The van der Waals surface area contributed by atoms with Crippen molar-refractivity contribution in [1.29, 1.82) is 0 Å². The fourth-order valence-corrected chi connectivity index (χ4v) is 4.15. The Morgan fingerprint density at radius 3 is 2.80 bits per heavy atom. The summed E-state index contributed by atoms with van der Waals surface area (Å²) in [5.41, 5.74) is 0. The standard InChI is InChI=1S/C12H16N4OS3/c1-15(2)12(17)16(3)10-13-14-11(20-10)19-8-6-9-5-4-7-18-9/h4-5,7H,6,8H2,1-3H3. The Morgan fingerprint density at radius 1 is 1.35 bits per heavy atom. The largest absolute Gasteiger partial charge is 0.330 e. The van der Waals surface area contributed by atoms with Gasteiger partial charge in [-0.1, -0.05) is 29.2 Å². The zero-order chi connectivity index (χ0) is 14.5. The third kappa shape index (κ3) is 3.94. The minimum absolute atomic E-state index is 0.101. The Kier molecular flexibility index (Phi) is 5.38. The normalized spacial score (nSPS) is 10.6. The fraction of sp³-hybridized carbons (Fsp3) is 0.417. The lowest BCUT2D eigenvalue weighted by atomic mass is 10.4. The van der Waals surface area contributed by atoms with Gasteiger partial charge >= 0.3 is 6.03 Å². The summed E-state index contributed by atoms with van der Waals surface area (Å²) in [4.78, 5) is 16.2. The SMILES string of the molecule is CN(C)C(=O)N(C)c1nnc(SCCc2cccs2)s1. The van der Waals surface area contributed by atoms with Crippen LogP contribution in [0.3, 0.4) is 0 Å². The second-order valence-corrected chi connectivity index (χ2v) is 7.59. The topological polar surface area (TPSA) is 49.3 Å². The second kappa shape index (κ2) is 7.05. The number of carbonyl (C=O) groups is 1. The van der Waals surface area contributed by atoms with E-state index in [1.54, 1.807) is 44.2 Å². The summed E-state index contributed by atoms with van der Waals surface area (Å²) in [6.07, 6.45) is 1.03. The molecule has 20 heavy (non-hydrogen) atoms. The van der Waals surface area contributed by atoms with Gasteiger partial charge in [0.1, 0.15) is 0 Å². The number of anilines is 1. The first kappa shape index (κ1) is 15.3. The second-order valence-electron chi connectivity index (χ2n) is 4.26. The van der Waals surface area contributed by atoms with Crippen LogP contribution in [-0.2, 0) is 6.42 Å². The molecule has 0 spiro atoms. The van der Waals surface area contributed by atoms with Crippen molar-refractivity contribution in [3.05, 3.63) is 22.4 Å². The fourth-order valence-electron chi connectivity index (χ4n) is 1.47. The highest BCUT2D eigenvalue weighted by molar-refractivity contribution is 8.01. The average Bonchev–Trinajstić information content (AvgIpc) is 3.08. The van der Waals surface area contributed by atoms with Gasteiger partial charge in [0.15, 0.2) is 4.34 Å². The van der Waals surface area contributed by atoms with Crippen LogP contribution in [0, 0.1) is 0 Å². The lowest BCUT2D eigenvalue weighted by molar-refractivity contribution is 0.225. The summed E-state index contributed by atoms with van der Waals surface area (Å²) < 4.78 is 0.898. The maximum absolute atomic E-state index is 11.8. The van der Waals surface area contributed by atoms with Crippen molar-refractivity contribution in [2.24, 2.45) is 0 Å². The van der Waals surface area contributed by atoms with Crippen LogP contribution in [0.4, 0.5) is 9.93 Å². The van der Waals surface area contributed by atoms with E-state index in [2.05, 4.69) is 27.7 Å². The summed E-state index contributed by atoms with van der Waals surface area (Å²) in [6.45, 7) is 0. The van der Waals surface area contributed by atoms with Crippen molar-refractivity contribution in [2.75, 3.05) is 31.8 Å². The molecule has 0 radical (unpaired) electrons. The maximum Gasteiger partial charge on any atom is 0.325 e. The van der Waals surface area contributed by atoms with Gasteiger partial charge in [0.05, 0.1) is 0 Å². The molecule has 2 amide bonds. The summed E-state index contributed by atoms with van der Waals surface area (Å²) in [6, 6.07) is 4.10. The van der Waals surface area contributed by atoms with Gasteiger partial charge < -0.3 is 4.90 Å². The van der Waals surface area contributed by atoms with Gasteiger partial charge in [0.25, 0.3) is 0 Å². The number of nitrogens with zero attached hydrogens (tertiary/aromatic N) is 4. The quantitative estimate of drug-likeness (QED) is 0.625. The number of hydrogen-bond donors (Lipinski definition) is 0. The van der Waals surface area contributed by atoms with E-state index >= 15 is 0 Å². The van der Waals surface area contributed by atoms with Gasteiger partial charge in [-0.2, -0.15) is 0 Å². The predicted octanol–water partition coefficient (Wildman–Crippen LogP) is 3.05. The molecular formula is C12H16N4OS3. The molecule has 108 valence electrons. The van der Waals surface area contributed by atoms with Crippen LogP contribution in [0.2, 0.25) is 0 Å². The van der Waals surface area contributed by atoms with Crippen molar-refractivity contribution in [3.8, 4) is 0 Å². The lowest BCUT2D eigenvalue weighted by Gasteiger charge is -2.18. The van der Waals surface area contributed by atoms with Crippen LogP contribution in [-0.4, -0.2) is 48.0 Å². The Morgan fingerprint density at radius 2 is 2.15 bits per heavy atom. The zero-order valence-corrected chi connectivity index (χ0v) is 14.0. The van der Waals surface area contributed by atoms with Crippen LogP contribution in [0.5, 0.6) is 0 Å². The highest BCUT2D eigenvalue weighted by atomic mass is 32.2. The molecule has 0 atom stereocenters. The maximum atomic E-state index is 11.8. The van der Waals surface area contributed by atoms with E-state index in [1.165, 1.54) is 26.0 Å². The van der Waals surface area contributed by atoms with Crippen LogP contribution in [0.1, 0.15) is 4.88 Å². The summed E-state index contributed by atoms with van der Waals surface area (Å²) in [7, 11) is 5.15. The number of amides is 2. The highest BCUT2D eigenvalue weighted by Crippen LogP contribution is 2.28. The Balaban J connectivity index is 1.87. The van der Waals surface area contributed by atoms with Gasteiger partial charge in [-0.05, 0) is 17.9 Å². The van der Waals surface area contributed by atoms with E-state index in [0.29, 0.717) is 5.13 Å². The first-order valence-electron chi connectivity index (χ1n) is 6.01. The number of rotatable bonds is 5. The highest BCUT2D eigenvalue weighted by Gasteiger charge is 2.17. The van der Waals surface area contributed by atoms with Gasteiger partial charge in [-0.3, -0.25) is 4.90 Å². The third-order valence-electron chi connectivity index (χ3n) is 2.51. The molecule has 2 aromatic heterocycles. The van der Waals surface area contributed by atoms with Crippen molar-refractivity contribution in [2.45, 2.75) is 10.8 Å². The van der Waals surface area contributed by atoms with Gasteiger partial charge in [-0.25, -0.2) is 4.79 Å². The molecule has 5 nitrogen and oxygen atoms in total. The minimum Gasteiger partial charge on any atom is -0.330 e. The summed E-state index contributed by atoms with van der Waals surface area (Å²) in [5, 5.41) is 10.9. The van der Waals surface area contributed by atoms with Crippen molar-refractivity contribution in [1.82, 2.24) is 15.1 Å². The molecule has 0 saturated heterocycles. The molecule has 2 heterocycles. The number of carbonyl (C=O) groups excluding carboxylic acids is 1. The predicted molar refractivity (Wildman–Crippen MR) is 86.1 cm³/mol. The molecule has 0 aliphatic carbocycles. The van der Waals surface area contributed by atoms with Gasteiger partial charge in [-0.15, -0.1) is 21.5 Å². The number of aryl methyl sites for hydroxylation is 1. The molecule has 0 unspecified atom stereocenters. The molecule has 0 saturated carbocycles. The van der Waals surface area contributed by atoms with Crippen molar-refractivity contribution in [3.63, 3.8) is 0 Å². The number of thiophene rings is 1. The Bertz CT molecular complexity index is 553. The van der Waals surface area contributed by atoms with E-state index < -0.39 is 0 Å². The molecule has 8 heteroatoms. The minimum atomic E-state index is -0.101. The molecule has 0 bridgehead atoms. The van der Waals surface area contributed by atoms with Crippen molar-refractivity contribution < 1.29 is 4.79 Å². The average molecular weight is 328 g/mol. The number of thioether (sulfide) groups is 1. The lowest BCUT2D eigenvalue weighted by Crippen LogP contribution is -2.36. The van der Waals surface area contributed by atoms with E-state index in [4.69, 9.17) is 0 Å². The van der Waals surface area contributed by atoms with Crippen LogP contribution in [0.15, 0.2) is 21.9 Å². The van der Waals surface area contributed by atoms with Gasteiger partial charge in [0.2, 0.25) is 5.13 Å². The molecule has 0 aromatic carbocycles. The monoisotopic (exact) mass is 328 g/mol. The van der Waals surface area contributed by atoms with E-state index in [-0.39, 0.29) is 6.03 Å². The van der Waals surface area contributed by atoms with Crippen molar-refractivity contribution >= 4 is 45.6 Å². The number of urea groups is 1. The third-order valence-corrected chi connectivity index (χ3v) is 5.58. The zero-order valence-electron chi connectivity index (χ0n) is 11.6. The van der Waals surface area contributed by atoms with Crippen LogP contribution < -0.4 is 4.90 Å². The number of aromatic nitrogens is 2. The van der Waals surface area contributed by atoms with E-state index in [0.717, 1.165) is 16.5 Å². The van der Waals surface area contributed by atoms with E-state index in [9.17, 15) is 4.79 Å². The first-order valence-corrected chi connectivity index (χ1v) is 8.70. The summed E-state index contributed by atoms with van der Waals surface area (Å²) >= 11 is 4.89. The van der Waals surface area contributed by atoms with Crippen LogP contribution >= 0.6 is 34.4 Å². The van der Waals surface area contributed by atoms with Crippen LogP contribution in [0.25, 0.3) is 0 Å². The molecule has 0 N–H and O–H groups in total. The molecule has 0 aliphatic rings. The smallest absolute Gasteiger partial charge is 0.325 e. The number of hydrogen-bond acceptors (Lipinski definition) is 6. The molecule has 0 aliphatic heterocycles. The Hall–Kier alpha value is -1.12. The molecular weight excluding hydrogens is 312 g/mol. The molecule has 2 rings (SSSR count).